The maximum absolute atomic E-state index is 10.5. The summed E-state index contributed by atoms with van der Waals surface area (Å²) >= 11 is 3.17. The third-order valence-corrected chi connectivity index (χ3v) is 3.09. The van der Waals surface area contributed by atoms with E-state index in [0.717, 1.165) is 0 Å². The van der Waals surface area contributed by atoms with Crippen LogP contribution in [0.5, 0.6) is 0 Å². The second kappa shape index (κ2) is 4.39. The van der Waals surface area contributed by atoms with Gasteiger partial charge in [-0.1, -0.05) is 34.1 Å². The monoisotopic (exact) mass is 280 g/mol. The Bertz CT molecular complexity index is 415. The average Bonchev–Trinajstić information content (AvgIpc) is 2.01. The van der Waals surface area contributed by atoms with E-state index in [1.165, 1.54) is 0 Å². The van der Waals surface area contributed by atoms with Crippen molar-refractivity contribution in [2.24, 2.45) is 0 Å². The van der Waals surface area contributed by atoms with Crippen LogP contribution >= 0.6 is 15.9 Å². The van der Waals surface area contributed by atoms with Gasteiger partial charge in [0.25, 0.3) is 10.1 Å². The molecule has 0 fully saturated rings. The molecule has 2 N–H and O–H groups in total. The highest BCUT2D eigenvalue weighted by Gasteiger charge is 2.17. The fraction of sp³-hybridized carbons (Fsp3) is 0.250. The molecule has 0 aromatic heterocycles. The molecule has 0 saturated heterocycles. The van der Waals surface area contributed by atoms with Crippen LogP contribution in [0.15, 0.2) is 28.7 Å². The zero-order chi connectivity index (χ0) is 10.8. The first-order valence-corrected chi connectivity index (χ1v) is 6.18. The van der Waals surface area contributed by atoms with E-state index in [4.69, 9.17) is 4.55 Å². The molecule has 14 heavy (non-hydrogen) atoms. The summed E-state index contributed by atoms with van der Waals surface area (Å²) in [6.07, 6.45) is -1.22. The average molecular weight is 281 g/mol. The summed E-state index contributed by atoms with van der Waals surface area (Å²) in [5.41, 5.74) is 0.435. The molecule has 1 atom stereocenters. The number of aliphatic hydroxyl groups is 1. The standard InChI is InChI=1S/C8H9BrO4S/c9-7-4-2-1-3-6(7)8(10)5-14(11,12)13/h1-4,8,10H,5H2,(H,11,12,13). The molecule has 0 spiro atoms. The van der Waals surface area contributed by atoms with Gasteiger partial charge < -0.3 is 5.11 Å². The van der Waals surface area contributed by atoms with E-state index in [-0.39, 0.29) is 0 Å². The first-order valence-electron chi connectivity index (χ1n) is 3.78. The number of benzene rings is 1. The van der Waals surface area contributed by atoms with Crippen LogP contribution in [0, 0.1) is 0 Å². The molecule has 0 heterocycles. The SMILES string of the molecule is O=S(=O)(O)CC(O)c1ccccc1Br. The zero-order valence-corrected chi connectivity index (χ0v) is 9.49. The van der Waals surface area contributed by atoms with Gasteiger partial charge in [0.1, 0.15) is 5.75 Å². The highest BCUT2D eigenvalue weighted by Crippen LogP contribution is 2.23. The second-order valence-electron chi connectivity index (χ2n) is 2.79. The van der Waals surface area contributed by atoms with Crippen molar-refractivity contribution < 1.29 is 18.1 Å². The largest absolute Gasteiger partial charge is 0.387 e. The molecule has 1 unspecified atom stereocenters. The molecule has 78 valence electrons. The molecule has 0 amide bonds. The van der Waals surface area contributed by atoms with E-state index in [9.17, 15) is 13.5 Å². The molecule has 0 aliphatic heterocycles. The quantitative estimate of drug-likeness (QED) is 0.821. The van der Waals surface area contributed by atoms with E-state index < -0.39 is 22.0 Å². The molecule has 0 radical (unpaired) electrons. The van der Waals surface area contributed by atoms with Gasteiger partial charge in [0.05, 0.1) is 6.10 Å². The van der Waals surface area contributed by atoms with E-state index in [1.807, 2.05) is 0 Å². The number of hydrogen-bond donors (Lipinski definition) is 2. The molecular weight excluding hydrogens is 272 g/mol. The molecule has 1 aromatic rings. The van der Waals surface area contributed by atoms with Crippen LogP contribution in [0.2, 0.25) is 0 Å². The summed E-state index contributed by atoms with van der Waals surface area (Å²) in [4.78, 5) is 0. The minimum Gasteiger partial charge on any atom is -0.387 e. The highest BCUT2D eigenvalue weighted by atomic mass is 79.9. The lowest BCUT2D eigenvalue weighted by Gasteiger charge is -2.10. The predicted octanol–water partition coefficient (Wildman–Crippen LogP) is 1.37. The van der Waals surface area contributed by atoms with Crippen LogP contribution in [0.25, 0.3) is 0 Å². The van der Waals surface area contributed by atoms with E-state index >= 15 is 0 Å². The third kappa shape index (κ3) is 3.38. The lowest BCUT2D eigenvalue weighted by Crippen LogP contribution is -2.13. The zero-order valence-electron chi connectivity index (χ0n) is 7.09. The molecule has 4 nitrogen and oxygen atoms in total. The van der Waals surface area contributed by atoms with Crippen LogP contribution in [-0.4, -0.2) is 23.8 Å². The lowest BCUT2D eigenvalue weighted by atomic mass is 10.1. The second-order valence-corrected chi connectivity index (χ2v) is 5.14. The number of rotatable bonds is 3. The maximum atomic E-state index is 10.5. The molecule has 6 heteroatoms. The van der Waals surface area contributed by atoms with Gasteiger partial charge in [-0.15, -0.1) is 0 Å². The molecule has 1 aromatic carbocycles. The van der Waals surface area contributed by atoms with Crippen LogP contribution < -0.4 is 0 Å². The van der Waals surface area contributed by atoms with E-state index in [0.29, 0.717) is 10.0 Å². The van der Waals surface area contributed by atoms with Gasteiger partial charge in [-0.25, -0.2) is 0 Å². The minimum atomic E-state index is -4.16. The first kappa shape index (κ1) is 11.6. The van der Waals surface area contributed by atoms with Crippen molar-refractivity contribution in [2.75, 3.05) is 5.75 Å². The van der Waals surface area contributed by atoms with Crippen molar-refractivity contribution in [3.63, 3.8) is 0 Å². The molecule has 0 aliphatic carbocycles. The molecule has 0 saturated carbocycles. The topological polar surface area (TPSA) is 74.6 Å². The van der Waals surface area contributed by atoms with E-state index in [2.05, 4.69) is 15.9 Å². The normalized spacial score (nSPS) is 13.9. The van der Waals surface area contributed by atoms with Crippen molar-refractivity contribution in [3.05, 3.63) is 34.3 Å². The van der Waals surface area contributed by atoms with Crippen LogP contribution in [0.3, 0.4) is 0 Å². The van der Waals surface area contributed by atoms with Crippen molar-refractivity contribution in [1.82, 2.24) is 0 Å². The summed E-state index contributed by atoms with van der Waals surface area (Å²) in [7, 11) is -4.16. The Morgan fingerprint density at radius 1 is 1.36 bits per heavy atom. The molecule has 1 rings (SSSR count). The highest BCUT2D eigenvalue weighted by molar-refractivity contribution is 9.10. The summed E-state index contributed by atoms with van der Waals surface area (Å²) in [6, 6.07) is 6.68. The fourth-order valence-corrected chi connectivity index (χ4v) is 2.16. The minimum absolute atomic E-state index is 0.435. The maximum Gasteiger partial charge on any atom is 0.267 e. The summed E-state index contributed by atoms with van der Waals surface area (Å²) in [5.74, 6) is -0.699. The van der Waals surface area contributed by atoms with Crippen molar-refractivity contribution in [1.29, 1.82) is 0 Å². The van der Waals surface area contributed by atoms with Crippen LogP contribution in [0.4, 0.5) is 0 Å². The van der Waals surface area contributed by atoms with E-state index in [1.54, 1.807) is 24.3 Å². The lowest BCUT2D eigenvalue weighted by molar-refractivity contribution is 0.198. The van der Waals surface area contributed by atoms with Gasteiger partial charge in [-0.2, -0.15) is 8.42 Å². The number of halogens is 1. The molecule has 0 aliphatic rings. The number of hydrogen-bond acceptors (Lipinski definition) is 3. The van der Waals surface area contributed by atoms with Crippen LogP contribution in [-0.2, 0) is 10.1 Å². The molecular formula is C8H9BrO4S. The van der Waals surface area contributed by atoms with Gasteiger partial charge in [0, 0.05) is 4.47 Å². The Morgan fingerprint density at radius 2 is 1.93 bits per heavy atom. The van der Waals surface area contributed by atoms with Gasteiger partial charge in [-0.3, -0.25) is 4.55 Å². The van der Waals surface area contributed by atoms with Gasteiger partial charge in [0.2, 0.25) is 0 Å². The predicted molar refractivity (Wildman–Crippen MR) is 55.5 cm³/mol. The Labute approximate surface area is 90.5 Å². The summed E-state index contributed by atoms with van der Waals surface area (Å²) < 4.78 is 30.2. The summed E-state index contributed by atoms with van der Waals surface area (Å²) in [6.45, 7) is 0. The fourth-order valence-electron chi connectivity index (χ4n) is 1.03. The first-order chi connectivity index (χ1) is 6.40. The van der Waals surface area contributed by atoms with Crippen molar-refractivity contribution in [3.8, 4) is 0 Å². The van der Waals surface area contributed by atoms with Gasteiger partial charge in [-0.05, 0) is 11.6 Å². The smallest absolute Gasteiger partial charge is 0.267 e. The van der Waals surface area contributed by atoms with Gasteiger partial charge in [0.15, 0.2) is 0 Å². The van der Waals surface area contributed by atoms with Gasteiger partial charge >= 0.3 is 0 Å². The summed E-state index contributed by atoms with van der Waals surface area (Å²) in [5, 5.41) is 9.47. The Morgan fingerprint density at radius 3 is 2.43 bits per heavy atom. The Balaban J connectivity index is 2.90. The Kier molecular flexibility index (Phi) is 3.65. The third-order valence-electron chi connectivity index (χ3n) is 1.63. The van der Waals surface area contributed by atoms with Crippen molar-refractivity contribution >= 4 is 26.0 Å². The Hall–Kier alpha value is -0.430. The van der Waals surface area contributed by atoms with Crippen LogP contribution in [0.1, 0.15) is 11.7 Å². The van der Waals surface area contributed by atoms with Crippen molar-refractivity contribution in [2.45, 2.75) is 6.10 Å². The number of aliphatic hydroxyl groups excluding tert-OH is 1. The molecule has 0 bridgehead atoms.